The highest BCUT2D eigenvalue weighted by molar-refractivity contribution is 5.11. The Hall–Kier alpha value is -0.860. The predicted octanol–water partition coefficient (Wildman–Crippen LogP) is 2.36. The van der Waals surface area contributed by atoms with Gasteiger partial charge in [-0.15, -0.1) is 5.10 Å². The molecule has 0 spiro atoms. The molecule has 3 nitrogen and oxygen atoms in total. The second-order valence-corrected chi connectivity index (χ2v) is 5.09. The van der Waals surface area contributed by atoms with Gasteiger partial charge in [0.15, 0.2) is 0 Å². The number of hydrogen-bond acceptors (Lipinski definition) is 2. The fourth-order valence-corrected chi connectivity index (χ4v) is 1.60. The van der Waals surface area contributed by atoms with Crippen molar-refractivity contribution in [1.29, 1.82) is 0 Å². The van der Waals surface area contributed by atoms with Crippen LogP contribution < -0.4 is 0 Å². The summed E-state index contributed by atoms with van der Waals surface area (Å²) in [5.74, 6) is 0. The molecule has 80 valence electrons. The monoisotopic (exact) mass is 195 g/mol. The van der Waals surface area contributed by atoms with E-state index in [1.54, 1.807) is 0 Å². The minimum atomic E-state index is 0.290. The van der Waals surface area contributed by atoms with Crippen molar-refractivity contribution < 1.29 is 0 Å². The van der Waals surface area contributed by atoms with Crippen molar-refractivity contribution in [1.82, 2.24) is 15.0 Å². The van der Waals surface area contributed by atoms with Gasteiger partial charge in [-0.2, -0.15) is 0 Å². The van der Waals surface area contributed by atoms with E-state index < -0.39 is 0 Å². The first-order valence-electron chi connectivity index (χ1n) is 5.31. The number of aryl methyl sites for hydroxylation is 1. The van der Waals surface area contributed by atoms with Crippen LogP contribution in [0.15, 0.2) is 0 Å². The molecule has 1 aromatic heterocycles. The van der Waals surface area contributed by atoms with Gasteiger partial charge in [-0.1, -0.05) is 39.3 Å². The maximum absolute atomic E-state index is 4.23. The van der Waals surface area contributed by atoms with Crippen LogP contribution in [0.25, 0.3) is 0 Å². The van der Waals surface area contributed by atoms with Gasteiger partial charge in [0.05, 0.1) is 11.4 Å². The average Bonchev–Trinajstić information content (AvgIpc) is 2.33. The summed E-state index contributed by atoms with van der Waals surface area (Å²) in [5, 5.41) is 8.32. The van der Waals surface area contributed by atoms with Crippen molar-refractivity contribution in [2.24, 2.45) is 12.5 Å². The Morgan fingerprint density at radius 1 is 1.29 bits per heavy atom. The Morgan fingerprint density at radius 2 is 1.93 bits per heavy atom. The zero-order valence-corrected chi connectivity index (χ0v) is 9.96. The predicted molar refractivity (Wildman–Crippen MR) is 58.2 cm³/mol. The lowest BCUT2D eigenvalue weighted by molar-refractivity contribution is 0.404. The molecule has 1 rings (SSSR count). The second kappa shape index (κ2) is 4.11. The molecule has 0 unspecified atom stereocenters. The first kappa shape index (κ1) is 11.2. The van der Waals surface area contributed by atoms with E-state index >= 15 is 0 Å². The average molecular weight is 195 g/mol. The molecule has 1 aromatic rings. The molecule has 0 radical (unpaired) electrons. The van der Waals surface area contributed by atoms with Crippen molar-refractivity contribution in [3.05, 3.63) is 11.4 Å². The van der Waals surface area contributed by atoms with Crippen LogP contribution in [-0.2, 0) is 19.9 Å². The molecule has 14 heavy (non-hydrogen) atoms. The molecular formula is C11H21N3. The molecule has 0 aliphatic rings. The van der Waals surface area contributed by atoms with Crippen LogP contribution in [0.1, 0.15) is 45.5 Å². The highest BCUT2D eigenvalue weighted by Crippen LogP contribution is 2.21. The van der Waals surface area contributed by atoms with Gasteiger partial charge in [0.25, 0.3) is 0 Å². The molecule has 0 atom stereocenters. The summed E-state index contributed by atoms with van der Waals surface area (Å²) in [6, 6.07) is 0. The van der Waals surface area contributed by atoms with E-state index in [2.05, 4.69) is 38.0 Å². The fourth-order valence-electron chi connectivity index (χ4n) is 1.60. The van der Waals surface area contributed by atoms with Gasteiger partial charge in [-0.3, -0.25) is 4.68 Å². The maximum Gasteiger partial charge on any atom is 0.0864 e. The van der Waals surface area contributed by atoms with Gasteiger partial charge in [-0.05, 0) is 18.3 Å². The van der Waals surface area contributed by atoms with Crippen molar-refractivity contribution in [2.75, 3.05) is 0 Å². The Kier molecular flexibility index (Phi) is 3.29. The molecule has 0 aliphatic carbocycles. The van der Waals surface area contributed by atoms with Crippen LogP contribution in [0.4, 0.5) is 0 Å². The molecule has 3 heteroatoms. The SMILES string of the molecule is CCCc1c(CC(C)(C)C)nnn1C. The highest BCUT2D eigenvalue weighted by Gasteiger charge is 2.17. The molecule has 0 aromatic carbocycles. The van der Waals surface area contributed by atoms with Gasteiger partial charge in [0.2, 0.25) is 0 Å². The fraction of sp³-hybridized carbons (Fsp3) is 0.818. The zero-order valence-electron chi connectivity index (χ0n) is 9.96. The molecule has 0 amide bonds. The van der Waals surface area contributed by atoms with E-state index in [-0.39, 0.29) is 0 Å². The molecule has 0 saturated heterocycles. The third kappa shape index (κ3) is 2.82. The third-order valence-corrected chi connectivity index (χ3v) is 2.21. The summed E-state index contributed by atoms with van der Waals surface area (Å²) >= 11 is 0. The molecular weight excluding hydrogens is 174 g/mol. The number of rotatable bonds is 3. The van der Waals surface area contributed by atoms with E-state index in [1.807, 2.05) is 11.7 Å². The Bertz CT molecular complexity index is 294. The Labute approximate surface area is 86.5 Å². The van der Waals surface area contributed by atoms with Gasteiger partial charge in [-0.25, -0.2) is 0 Å². The van der Waals surface area contributed by atoms with Gasteiger partial charge < -0.3 is 0 Å². The summed E-state index contributed by atoms with van der Waals surface area (Å²) in [7, 11) is 1.98. The molecule has 1 heterocycles. The van der Waals surface area contributed by atoms with Crippen LogP contribution in [0.5, 0.6) is 0 Å². The van der Waals surface area contributed by atoms with Crippen LogP contribution in [-0.4, -0.2) is 15.0 Å². The number of aromatic nitrogens is 3. The van der Waals surface area contributed by atoms with E-state index in [4.69, 9.17) is 0 Å². The largest absolute Gasteiger partial charge is 0.252 e. The van der Waals surface area contributed by atoms with Gasteiger partial charge in [0, 0.05) is 7.05 Å². The minimum Gasteiger partial charge on any atom is -0.252 e. The second-order valence-electron chi connectivity index (χ2n) is 5.09. The zero-order chi connectivity index (χ0) is 10.8. The van der Waals surface area contributed by atoms with Gasteiger partial charge >= 0.3 is 0 Å². The molecule has 0 saturated carbocycles. The lowest BCUT2D eigenvalue weighted by atomic mass is 9.89. The quantitative estimate of drug-likeness (QED) is 0.741. The van der Waals surface area contributed by atoms with E-state index in [1.165, 1.54) is 11.4 Å². The van der Waals surface area contributed by atoms with Crippen LogP contribution in [0.2, 0.25) is 0 Å². The molecule has 0 fully saturated rings. The topological polar surface area (TPSA) is 30.7 Å². The minimum absolute atomic E-state index is 0.290. The third-order valence-electron chi connectivity index (χ3n) is 2.21. The van der Waals surface area contributed by atoms with Crippen molar-refractivity contribution in [2.45, 2.75) is 47.0 Å². The molecule has 0 N–H and O–H groups in total. The first-order chi connectivity index (χ1) is 6.44. The Morgan fingerprint density at radius 3 is 2.43 bits per heavy atom. The lowest BCUT2D eigenvalue weighted by Crippen LogP contribution is -2.11. The first-order valence-corrected chi connectivity index (χ1v) is 5.31. The smallest absolute Gasteiger partial charge is 0.0864 e. The van der Waals surface area contributed by atoms with Crippen LogP contribution in [0, 0.1) is 5.41 Å². The lowest BCUT2D eigenvalue weighted by Gasteiger charge is -2.16. The van der Waals surface area contributed by atoms with Crippen molar-refractivity contribution in [3.8, 4) is 0 Å². The normalized spacial score (nSPS) is 12.1. The van der Waals surface area contributed by atoms with E-state index in [0.29, 0.717) is 5.41 Å². The van der Waals surface area contributed by atoms with Crippen molar-refractivity contribution in [3.63, 3.8) is 0 Å². The van der Waals surface area contributed by atoms with E-state index in [0.717, 1.165) is 19.3 Å². The van der Waals surface area contributed by atoms with E-state index in [9.17, 15) is 0 Å². The maximum atomic E-state index is 4.23. The molecule has 0 aliphatic heterocycles. The Balaban J connectivity index is 2.86. The number of nitrogens with zero attached hydrogens (tertiary/aromatic N) is 3. The molecule has 0 bridgehead atoms. The summed E-state index contributed by atoms with van der Waals surface area (Å²) < 4.78 is 1.91. The van der Waals surface area contributed by atoms with Crippen molar-refractivity contribution >= 4 is 0 Å². The summed E-state index contributed by atoms with van der Waals surface area (Å²) in [5.41, 5.74) is 2.75. The highest BCUT2D eigenvalue weighted by atomic mass is 15.4. The summed E-state index contributed by atoms with van der Waals surface area (Å²) in [6.07, 6.45) is 3.24. The standard InChI is InChI=1S/C11H21N3/c1-6-7-10-9(8-11(2,3)4)12-13-14(10)5/h6-8H2,1-5H3. The van der Waals surface area contributed by atoms with Crippen LogP contribution in [0.3, 0.4) is 0 Å². The van der Waals surface area contributed by atoms with Crippen LogP contribution >= 0.6 is 0 Å². The summed E-state index contributed by atoms with van der Waals surface area (Å²) in [4.78, 5) is 0. The summed E-state index contributed by atoms with van der Waals surface area (Å²) in [6.45, 7) is 8.89. The number of hydrogen-bond donors (Lipinski definition) is 0. The van der Waals surface area contributed by atoms with Gasteiger partial charge in [0.1, 0.15) is 0 Å².